The van der Waals surface area contributed by atoms with Gasteiger partial charge in [-0.1, -0.05) is 6.92 Å². The molecular weight excluding hydrogens is 268 g/mol. The minimum Gasteiger partial charge on any atom is -0.440 e. The van der Waals surface area contributed by atoms with Crippen molar-refractivity contribution in [2.75, 3.05) is 32.7 Å². The summed E-state index contributed by atoms with van der Waals surface area (Å²) in [5.41, 5.74) is 0. The quantitative estimate of drug-likeness (QED) is 0.749. The molecule has 1 saturated heterocycles. The molecule has 0 radical (unpaired) electrons. The van der Waals surface area contributed by atoms with E-state index in [4.69, 9.17) is 4.42 Å². The number of carbonyl (C=O) groups excluding carboxylic acids is 1. The largest absolute Gasteiger partial charge is 0.440 e. The summed E-state index contributed by atoms with van der Waals surface area (Å²) in [6.07, 6.45) is 1.56. The Labute approximate surface area is 113 Å². The Balaban J connectivity index is 2.07. The van der Waals surface area contributed by atoms with Crippen molar-refractivity contribution in [3.63, 3.8) is 0 Å². The molecule has 1 fully saturated rings. The van der Waals surface area contributed by atoms with Gasteiger partial charge in [-0.15, -0.1) is 0 Å². The molecule has 0 spiro atoms. The van der Waals surface area contributed by atoms with Gasteiger partial charge >= 0.3 is 0 Å². The lowest BCUT2D eigenvalue weighted by Crippen LogP contribution is -2.48. The van der Waals surface area contributed by atoms with Gasteiger partial charge in [-0.3, -0.25) is 4.79 Å². The third-order valence-corrected chi connectivity index (χ3v) is 4.96. The first kappa shape index (κ1) is 14.2. The van der Waals surface area contributed by atoms with Gasteiger partial charge < -0.3 is 9.32 Å². The maximum atomic E-state index is 12.3. The van der Waals surface area contributed by atoms with E-state index in [-0.39, 0.29) is 10.9 Å². The molecule has 19 heavy (non-hydrogen) atoms. The monoisotopic (exact) mass is 286 g/mol. The normalized spacial score (nSPS) is 18.6. The van der Waals surface area contributed by atoms with E-state index in [0.717, 1.165) is 26.1 Å². The molecule has 1 aliphatic heterocycles. The summed E-state index contributed by atoms with van der Waals surface area (Å²) in [5.74, 6) is 0.0307. The Morgan fingerprint density at radius 2 is 1.95 bits per heavy atom. The summed E-state index contributed by atoms with van der Waals surface area (Å²) >= 11 is 0. The molecule has 0 amide bonds. The molecule has 7 heteroatoms. The smallest absolute Gasteiger partial charge is 0.276 e. The third kappa shape index (κ3) is 3.05. The number of piperazine rings is 1. The molecule has 0 unspecified atom stereocenters. The topological polar surface area (TPSA) is 70.8 Å². The molecule has 2 heterocycles. The molecule has 0 N–H and O–H groups in total. The van der Waals surface area contributed by atoms with E-state index in [2.05, 4.69) is 11.8 Å². The highest BCUT2D eigenvalue weighted by atomic mass is 32.2. The molecule has 1 aromatic heterocycles. The van der Waals surface area contributed by atoms with Crippen LogP contribution in [0.3, 0.4) is 0 Å². The van der Waals surface area contributed by atoms with Crippen molar-refractivity contribution in [3.05, 3.63) is 17.9 Å². The van der Waals surface area contributed by atoms with Crippen molar-refractivity contribution in [2.24, 2.45) is 0 Å². The second kappa shape index (κ2) is 5.85. The maximum Gasteiger partial charge on any atom is 0.276 e. The first-order chi connectivity index (χ1) is 9.07. The van der Waals surface area contributed by atoms with Crippen molar-refractivity contribution in [2.45, 2.75) is 18.4 Å². The average Bonchev–Trinajstić information content (AvgIpc) is 2.89. The lowest BCUT2D eigenvalue weighted by Gasteiger charge is -2.33. The van der Waals surface area contributed by atoms with Crippen LogP contribution in [-0.2, 0) is 10.0 Å². The van der Waals surface area contributed by atoms with Gasteiger partial charge in [0.15, 0.2) is 12.0 Å². The van der Waals surface area contributed by atoms with E-state index >= 15 is 0 Å². The van der Waals surface area contributed by atoms with Crippen molar-refractivity contribution in [1.82, 2.24) is 9.21 Å². The zero-order valence-electron chi connectivity index (χ0n) is 10.9. The van der Waals surface area contributed by atoms with Gasteiger partial charge in [-0.25, -0.2) is 8.42 Å². The highest BCUT2D eigenvalue weighted by molar-refractivity contribution is 7.89. The first-order valence-corrected chi connectivity index (χ1v) is 7.79. The summed E-state index contributed by atoms with van der Waals surface area (Å²) < 4.78 is 31.0. The van der Waals surface area contributed by atoms with Crippen LogP contribution >= 0.6 is 0 Å². The van der Waals surface area contributed by atoms with Gasteiger partial charge in [-0.05, 0) is 25.1 Å². The van der Waals surface area contributed by atoms with E-state index < -0.39 is 10.0 Å². The zero-order valence-corrected chi connectivity index (χ0v) is 11.7. The molecule has 0 saturated carbocycles. The number of aldehydes is 1. The van der Waals surface area contributed by atoms with Crippen molar-refractivity contribution in [3.8, 4) is 0 Å². The Bertz CT molecular complexity index is 530. The number of hydrogen-bond donors (Lipinski definition) is 0. The van der Waals surface area contributed by atoms with Crippen molar-refractivity contribution in [1.29, 1.82) is 0 Å². The van der Waals surface area contributed by atoms with Crippen LogP contribution in [0.4, 0.5) is 0 Å². The fraction of sp³-hybridized carbons (Fsp3) is 0.583. The third-order valence-electron chi connectivity index (χ3n) is 3.18. The molecule has 106 valence electrons. The van der Waals surface area contributed by atoms with Crippen molar-refractivity contribution < 1.29 is 17.6 Å². The molecule has 0 bridgehead atoms. The molecule has 0 aliphatic carbocycles. The molecular formula is C12H18N2O4S. The molecule has 1 aromatic rings. The minimum absolute atomic E-state index is 0.0307. The summed E-state index contributed by atoms with van der Waals surface area (Å²) in [7, 11) is -3.61. The van der Waals surface area contributed by atoms with Gasteiger partial charge in [0, 0.05) is 26.2 Å². The van der Waals surface area contributed by atoms with Gasteiger partial charge in [-0.2, -0.15) is 4.31 Å². The predicted molar refractivity (Wildman–Crippen MR) is 69.6 cm³/mol. The van der Waals surface area contributed by atoms with Gasteiger partial charge in [0.1, 0.15) is 0 Å². The SMILES string of the molecule is CCCN1CCN(S(=O)(=O)c2ccc(C=O)o2)CC1. The summed E-state index contributed by atoms with van der Waals surface area (Å²) in [4.78, 5) is 12.8. The first-order valence-electron chi connectivity index (χ1n) is 6.35. The van der Waals surface area contributed by atoms with Crippen LogP contribution < -0.4 is 0 Å². The number of hydrogen-bond acceptors (Lipinski definition) is 5. The molecule has 2 rings (SSSR count). The molecule has 0 aromatic carbocycles. The van der Waals surface area contributed by atoms with Gasteiger partial charge in [0.2, 0.25) is 5.09 Å². The standard InChI is InChI=1S/C12H18N2O4S/c1-2-5-13-6-8-14(9-7-13)19(16,17)12-4-3-11(10-15)18-12/h3-4,10H,2,5-9H2,1H3. The Kier molecular flexibility index (Phi) is 4.38. The van der Waals surface area contributed by atoms with Crippen molar-refractivity contribution >= 4 is 16.3 Å². The van der Waals surface area contributed by atoms with Crippen LogP contribution in [0.25, 0.3) is 0 Å². The van der Waals surface area contributed by atoms with Crippen LogP contribution in [-0.4, -0.2) is 56.6 Å². The second-order valence-electron chi connectivity index (χ2n) is 4.52. The number of carbonyl (C=O) groups is 1. The molecule has 0 atom stereocenters. The number of sulfonamides is 1. The van der Waals surface area contributed by atoms with Crippen LogP contribution in [0.2, 0.25) is 0 Å². The average molecular weight is 286 g/mol. The molecule has 1 aliphatic rings. The Hall–Kier alpha value is -1.18. The Morgan fingerprint density at radius 1 is 1.26 bits per heavy atom. The van der Waals surface area contributed by atoms with Gasteiger partial charge in [0.25, 0.3) is 10.0 Å². The van der Waals surface area contributed by atoms with Crippen LogP contribution in [0, 0.1) is 0 Å². The fourth-order valence-electron chi connectivity index (χ4n) is 2.17. The van der Waals surface area contributed by atoms with E-state index in [0.29, 0.717) is 19.4 Å². The van der Waals surface area contributed by atoms with E-state index in [1.54, 1.807) is 0 Å². The Morgan fingerprint density at radius 3 is 2.47 bits per heavy atom. The summed E-state index contributed by atoms with van der Waals surface area (Å²) in [5, 5.41) is -0.154. The minimum atomic E-state index is -3.61. The maximum absolute atomic E-state index is 12.3. The fourth-order valence-corrected chi connectivity index (χ4v) is 3.51. The lowest BCUT2D eigenvalue weighted by molar-refractivity contribution is 0.109. The molecule has 6 nitrogen and oxygen atoms in total. The highest BCUT2D eigenvalue weighted by Crippen LogP contribution is 2.19. The highest BCUT2D eigenvalue weighted by Gasteiger charge is 2.30. The van der Waals surface area contributed by atoms with Crippen LogP contribution in [0.1, 0.15) is 23.9 Å². The second-order valence-corrected chi connectivity index (χ2v) is 6.39. The summed E-state index contributed by atoms with van der Waals surface area (Å²) in [6.45, 7) is 5.47. The summed E-state index contributed by atoms with van der Waals surface area (Å²) in [6, 6.07) is 2.70. The van der Waals surface area contributed by atoms with Crippen LogP contribution in [0.5, 0.6) is 0 Å². The predicted octanol–water partition coefficient (Wildman–Crippen LogP) is 0.808. The van der Waals surface area contributed by atoms with Gasteiger partial charge in [0.05, 0.1) is 0 Å². The lowest BCUT2D eigenvalue weighted by atomic mass is 10.3. The number of nitrogens with zero attached hydrogens (tertiary/aromatic N) is 2. The van der Waals surface area contributed by atoms with E-state index in [1.165, 1.54) is 16.4 Å². The van der Waals surface area contributed by atoms with E-state index in [9.17, 15) is 13.2 Å². The number of rotatable bonds is 5. The van der Waals surface area contributed by atoms with E-state index in [1.807, 2.05) is 0 Å². The number of furan rings is 1. The van der Waals surface area contributed by atoms with Crippen LogP contribution in [0.15, 0.2) is 21.6 Å². The zero-order chi connectivity index (χ0) is 13.9.